The van der Waals surface area contributed by atoms with Crippen LogP contribution in [-0.2, 0) is 6.54 Å². The summed E-state index contributed by atoms with van der Waals surface area (Å²) >= 11 is 0. The average molecular weight is 227 g/mol. The van der Waals surface area contributed by atoms with Gasteiger partial charge in [-0.2, -0.15) is 0 Å². The monoisotopic (exact) mass is 227 g/mol. The van der Waals surface area contributed by atoms with E-state index in [-0.39, 0.29) is 0 Å². The number of hydrogen-bond acceptors (Lipinski definition) is 2. The van der Waals surface area contributed by atoms with E-state index in [0.29, 0.717) is 6.04 Å². The standard InChI is InChI=1S/C15H17NO/c1-2-7-15(13-8-4-3-5-9-13)16-12-14-10-6-11-17-14/h2-6,8-11,15-16H,1,7,12H2/t15-/m0/s1. The van der Waals surface area contributed by atoms with Crippen molar-refractivity contribution in [3.05, 3.63) is 72.7 Å². The summed E-state index contributed by atoms with van der Waals surface area (Å²) in [4.78, 5) is 0. The normalized spacial score (nSPS) is 12.2. The molecule has 0 fully saturated rings. The molecule has 2 nitrogen and oxygen atoms in total. The average Bonchev–Trinajstić information content (AvgIpc) is 2.88. The molecule has 17 heavy (non-hydrogen) atoms. The lowest BCUT2D eigenvalue weighted by atomic mass is 10.0. The predicted octanol–water partition coefficient (Wildman–Crippen LogP) is 3.69. The lowest BCUT2D eigenvalue weighted by Crippen LogP contribution is -2.20. The molecule has 2 heteroatoms. The molecule has 1 N–H and O–H groups in total. The van der Waals surface area contributed by atoms with Crippen LogP contribution >= 0.6 is 0 Å². The van der Waals surface area contributed by atoms with Gasteiger partial charge >= 0.3 is 0 Å². The fraction of sp³-hybridized carbons (Fsp3) is 0.200. The molecule has 0 bridgehead atoms. The van der Waals surface area contributed by atoms with Crippen LogP contribution in [0.2, 0.25) is 0 Å². The Kier molecular flexibility index (Phi) is 4.17. The summed E-state index contributed by atoms with van der Waals surface area (Å²) in [6.07, 6.45) is 4.54. The highest BCUT2D eigenvalue weighted by Gasteiger charge is 2.09. The van der Waals surface area contributed by atoms with Gasteiger partial charge in [-0.05, 0) is 24.1 Å². The fourth-order valence-electron chi connectivity index (χ4n) is 1.83. The smallest absolute Gasteiger partial charge is 0.117 e. The molecule has 1 aromatic carbocycles. The second kappa shape index (κ2) is 6.06. The summed E-state index contributed by atoms with van der Waals surface area (Å²) in [5, 5.41) is 3.47. The first-order valence-corrected chi connectivity index (χ1v) is 5.82. The number of nitrogens with one attached hydrogen (secondary N) is 1. The lowest BCUT2D eigenvalue weighted by molar-refractivity contribution is 0.450. The van der Waals surface area contributed by atoms with Gasteiger partial charge in [0.1, 0.15) is 5.76 Å². The van der Waals surface area contributed by atoms with Gasteiger partial charge in [0.05, 0.1) is 12.8 Å². The Labute approximate surface area is 102 Å². The van der Waals surface area contributed by atoms with Crippen molar-refractivity contribution in [2.24, 2.45) is 0 Å². The molecule has 1 atom stereocenters. The molecule has 0 amide bonds. The maximum absolute atomic E-state index is 5.31. The van der Waals surface area contributed by atoms with E-state index in [2.05, 4.69) is 36.2 Å². The van der Waals surface area contributed by atoms with Gasteiger partial charge < -0.3 is 9.73 Å². The predicted molar refractivity (Wildman–Crippen MR) is 69.5 cm³/mol. The van der Waals surface area contributed by atoms with Crippen LogP contribution in [0.3, 0.4) is 0 Å². The Hall–Kier alpha value is -1.80. The summed E-state index contributed by atoms with van der Waals surface area (Å²) in [6, 6.07) is 14.6. The van der Waals surface area contributed by atoms with E-state index in [9.17, 15) is 0 Å². The van der Waals surface area contributed by atoms with E-state index in [1.54, 1.807) is 6.26 Å². The molecule has 0 spiro atoms. The van der Waals surface area contributed by atoms with Gasteiger partial charge in [0.25, 0.3) is 0 Å². The van der Waals surface area contributed by atoms with Gasteiger partial charge in [-0.15, -0.1) is 6.58 Å². The van der Waals surface area contributed by atoms with Crippen molar-refractivity contribution in [1.82, 2.24) is 5.32 Å². The highest BCUT2D eigenvalue weighted by atomic mass is 16.3. The van der Waals surface area contributed by atoms with Crippen molar-refractivity contribution in [3.8, 4) is 0 Å². The Morgan fingerprint density at radius 3 is 2.65 bits per heavy atom. The number of benzene rings is 1. The van der Waals surface area contributed by atoms with Gasteiger partial charge in [0.2, 0.25) is 0 Å². The minimum absolute atomic E-state index is 0.291. The Morgan fingerprint density at radius 2 is 2.00 bits per heavy atom. The first kappa shape index (κ1) is 11.7. The maximum atomic E-state index is 5.31. The zero-order chi connectivity index (χ0) is 11.9. The SMILES string of the molecule is C=CC[C@H](NCc1ccco1)c1ccccc1. The molecule has 1 aromatic heterocycles. The molecule has 0 saturated heterocycles. The third kappa shape index (κ3) is 3.33. The summed E-state index contributed by atoms with van der Waals surface area (Å²) in [5.74, 6) is 0.954. The van der Waals surface area contributed by atoms with Crippen molar-refractivity contribution in [2.45, 2.75) is 19.0 Å². The summed E-state index contributed by atoms with van der Waals surface area (Å²) < 4.78 is 5.31. The molecule has 0 saturated carbocycles. The molecule has 88 valence electrons. The van der Waals surface area contributed by atoms with Crippen molar-refractivity contribution < 1.29 is 4.42 Å². The maximum Gasteiger partial charge on any atom is 0.117 e. The third-order valence-corrected chi connectivity index (χ3v) is 2.71. The molecule has 0 aliphatic heterocycles. The second-order valence-electron chi connectivity index (χ2n) is 3.95. The van der Waals surface area contributed by atoms with E-state index in [1.165, 1.54) is 5.56 Å². The van der Waals surface area contributed by atoms with E-state index in [4.69, 9.17) is 4.42 Å². The second-order valence-corrected chi connectivity index (χ2v) is 3.95. The number of hydrogen-bond donors (Lipinski definition) is 1. The van der Waals surface area contributed by atoms with Gasteiger partial charge in [0, 0.05) is 6.04 Å². The third-order valence-electron chi connectivity index (χ3n) is 2.71. The largest absolute Gasteiger partial charge is 0.468 e. The van der Waals surface area contributed by atoms with Crippen molar-refractivity contribution >= 4 is 0 Å². The Bertz CT molecular complexity index is 433. The minimum Gasteiger partial charge on any atom is -0.468 e. The number of rotatable bonds is 6. The van der Waals surface area contributed by atoms with Crippen LogP contribution < -0.4 is 5.32 Å². The van der Waals surface area contributed by atoms with Gasteiger partial charge in [-0.3, -0.25) is 0 Å². The van der Waals surface area contributed by atoms with Crippen molar-refractivity contribution in [2.75, 3.05) is 0 Å². The summed E-state index contributed by atoms with van der Waals surface area (Å²) in [6.45, 7) is 4.54. The van der Waals surface area contributed by atoms with Crippen LogP contribution in [0.4, 0.5) is 0 Å². The van der Waals surface area contributed by atoms with Crippen molar-refractivity contribution in [1.29, 1.82) is 0 Å². The van der Waals surface area contributed by atoms with E-state index < -0.39 is 0 Å². The Morgan fingerprint density at radius 1 is 1.18 bits per heavy atom. The first-order chi connectivity index (χ1) is 8.40. The van der Waals surface area contributed by atoms with E-state index in [1.807, 2.05) is 24.3 Å². The zero-order valence-electron chi connectivity index (χ0n) is 9.80. The molecule has 0 aliphatic carbocycles. The van der Waals surface area contributed by atoms with Crippen LogP contribution in [0.5, 0.6) is 0 Å². The van der Waals surface area contributed by atoms with Gasteiger partial charge in [0.15, 0.2) is 0 Å². The highest BCUT2D eigenvalue weighted by Crippen LogP contribution is 2.17. The van der Waals surface area contributed by atoms with E-state index in [0.717, 1.165) is 18.7 Å². The fourth-order valence-corrected chi connectivity index (χ4v) is 1.83. The Balaban J connectivity index is 2.00. The summed E-state index contributed by atoms with van der Waals surface area (Å²) in [7, 11) is 0. The van der Waals surface area contributed by atoms with Gasteiger partial charge in [-0.25, -0.2) is 0 Å². The topological polar surface area (TPSA) is 25.2 Å². The molecule has 0 unspecified atom stereocenters. The van der Waals surface area contributed by atoms with Crippen LogP contribution in [0.25, 0.3) is 0 Å². The zero-order valence-corrected chi connectivity index (χ0v) is 9.80. The minimum atomic E-state index is 0.291. The van der Waals surface area contributed by atoms with Crippen molar-refractivity contribution in [3.63, 3.8) is 0 Å². The molecule has 1 heterocycles. The molecule has 2 rings (SSSR count). The van der Waals surface area contributed by atoms with Crippen LogP contribution in [0, 0.1) is 0 Å². The van der Waals surface area contributed by atoms with Crippen LogP contribution in [0.15, 0.2) is 65.8 Å². The molecule has 0 aliphatic rings. The highest BCUT2D eigenvalue weighted by molar-refractivity contribution is 5.19. The van der Waals surface area contributed by atoms with Crippen LogP contribution in [0.1, 0.15) is 23.8 Å². The summed E-state index contributed by atoms with van der Waals surface area (Å²) in [5.41, 5.74) is 1.28. The molecule has 2 aromatic rings. The van der Waals surface area contributed by atoms with Gasteiger partial charge in [-0.1, -0.05) is 36.4 Å². The molecule has 0 radical (unpaired) electrons. The molecular formula is C15H17NO. The quantitative estimate of drug-likeness (QED) is 0.761. The lowest BCUT2D eigenvalue weighted by Gasteiger charge is -2.16. The van der Waals surface area contributed by atoms with E-state index >= 15 is 0 Å². The molecular weight excluding hydrogens is 210 g/mol. The first-order valence-electron chi connectivity index (χ1n) is 5.82. The van der Waals surface area contributed by atoms with Crippen LogP contribution in [-0.4, -0.2) is 0 Å². The number of furan rings is 1.